The first-order chi connectivity index (χ1) is 17.0. The molecule has 4 saturated heterocycles. The quantitative estimate of drug-likeness (QED) is 0.326. The van der Waals surface area contributed by atoms with Crippen molar-refractivity contribution < 1.29 is 38.1 Å². The SMILES string of the molecule is C=C(C)C(=O)O[C@@H]1C2CC3CC(C2)C(=O)OC1C3.C=C(C)C(=O)O[C@@]12CC3CC(C1)OC(=O)C(C3)C2. The van der Waals surface area contributed by atoms with E-state index in [9.17, 15) is 19.2 Å². The van der Waals surface area contributed by atoms with Crippen molar-refractivity contribution in [3.05, 3.63) is 24.3 Å². The molecule has 0 N–H and O–H groups in total. The van der Waals surface area contributed by atoms with E-state index in [1.165, 1.54) is 0 Å². The highest BCUT2D eigenvalue weighted by molar-refractivity contribution is 5.87. The van der Waals surface area contributed by atoms with Crippen molar-refractivity contribution in [3.8, 4) is 0 Å². The van der Waals surface area contributed by atoms with Crippen LogP contribution in [0.25, 0.3) is 0 Å². The summed E-state index contributed by atoms with van der Waals surface area (Å²) < 4.78 is 22.1. The molecule has 9 atom stereocenters. The normalized spacial score (nSPS) is 41.2. The van der Waals surface area contributed by atoms with Crippen LogP contribution >= 0.6 is 0 Å². The maximum Gasteiger partial charge on any atom is 0.333 e. The van der Waals surface area contributed by atoms with Crippen molar-refractivity contribution >= 4 is 23.9 Å². The molecule has 0 aromatic heterocycles. The fourth-order valence-corrected chi connectivity index (χ4v) is 7.44. The third kappa shape index (κ3) is 4.83. The largest absolute Gasteiger partial charge is 0.462 e. The smallest absolute Gasteiger partial charge is 0.333 e. The predicted octanol–water partition coefficient (Wildman–Crippen LogP) is 3.82. The molecule has 196 valence electrons. The second-order valence-corrected chi connectivity index (χ2v) is 11.9. The lowest BCUT2D eigenvalue weighted by molar-refractivity contribution is -0.169. The molecular weight excluding hydrogens is 464 g/mol. The second-order valence-electron chi connectivity index (χ2n) is 11.9. The Morgan fingerprint density at radius 2 is 1.50 bits per heavy atom. The van der Waals surface area contributed by atoms with Gasteiger partial charge in [-0.05, 0) is 70.6 Å². The van der Waals surface area contributed by atoms with Crippen LogP contribution in [-0.4, -0.2) is 47.8 Å². The minimum atomic E-state index is -0.487. The summed E-state index contributed by atoms with van der Waals surface area (Å²) in [5.74, 6) is 0.310. The van der Waals surface area contributed by atoms with Crippen molar-refractivity contribution in [2.45, 2.75) is 95.5 Å². The van der Waals surface area contributed by atoms with E-state index in [4.69, 9.17) is 18.9 Å². The lowest BCUT2D eigenvalue weighted by Gasteiger charge is -2.45. The number of carbonyl (C=O) groups is 4. The maximum absolute atomic E-state index is 11.8. The van der Waals surface area contributed by atoms with Crippen LogP contribution in [0.5, 0.6) is 0 Å². The molecule has 0 spiro atoms. The van der Waals surface area contributed by atoms with E-state index in [0.717, 1.165) is 44.9 Å². The molecule has 8 nitrogen and oxygen atoms in total. The zero-order valence-corrected chi connectivity index (χ0v) is 21.2. The average molecular weight is 501 g/mol. The van der Waals surface area contributed by atoms with Gasteiger partial charge in [0.1, 0.15) is 23.9 Å². The monoisotopic (exact) mass is 500 g/mol. The lowest BCUT2D eigenvalue weighted by Crippen LogP contribution is -2.48. The third-order valence-corrected chi connectivity index (χ3v) is 8.80. The van der Waals surface area contributed by atoms with Crippen LogP contribution in [0.2, 0.25) is 0 Å². The summed E-state index contributed by atoms with van der Waals surface area (Å²) in [6, 6.07) is 0. The highest BCUT2D eigenvalue weighted by Crippen LogP contribution is 2.51. The van der Waals surface area contributed by atoms with Crippen molar-refractivity contribution in [1.29, 1.82) is 0 Å². The minimum Gasteiger partial charge on any atom is -0.462 e. The summed E-state index contributed by atoms with van der Waals surface area (Å²) in [4.78, 5) is 47.1. The summed E-state index contributed by atoms with van der Waals surface area (Å²) in [7, 11) is 0. The Kier molecular flexibility index (Phi) is 6.50. The number of rotatable bonds is 4. The summed E-state index contributed by atoms with van der Waals surface area (Å²) in [6.07, 6.45) is 7.05. The predicted molar refractivity (Wildman–Crippen MR) is 127 cm³/mol. The molecular formula is C28H36O8. The summed E-state index contributed by atoms with van der Waals surface area (Å²) in [5, 5.41) is 0. The van der Waals surface area contributed by atoms with E-state index in [1.54, 1.807) is 13.8 Å². The van der Waals surface area contributed by atoms with Crippen molar-refractivity contribution in [2.24, 2.45) is 29.6 Å². The molecule has 36 heavy (non-hydrogen) atoms. The van der Waals surface area contributed by atoms with Crippen LogP contribution in [0.1, 0.15) is 71.6 Å². The first kappa shape index (κ1) is 25.0. The second kappa shape index (κ2) is 9.34. The first-order valence-corrected chi connectivity index (χ1v) is 13.2. The van der Waals surface area contributed by atoms with Crippen LogP contribution in [0.3, 0.4) is 0 Å². The molecule has 4 saturated carbocycles. The van der Waals surface area contributed by atoms with Gasteiger partial charge < -0.3 is 18.9 Å². The molecule has 8 fully saturated rings. The van der Waals surface area contributed by atoms with Gasteiger partial charge in [-0.15, -0.1) is 0 Å². The molecule has 4 aliphatic carbocycles. The van der Waals surface area contributed by atoms with Crippen LogP contribution < -0.4 is 0 Å². The van der Waals surface area contributed by atoms with Crippen LogP contribution in [0.15, 0.2) is 24.3 Å². The van der Waals surface area contributed by atoms with Gasteiger partial charge in [0.15, 0.2) is 0 Å². The van der Waals surface area contributed by atoms with Gasteiger partial charge in [-0.25, -0.2) is 9.59 Å². The molecule has 4 heterocycles. The maximum atomic E-state index is 11.8. The zero-order chi connectivity index (χ0) is 25.8. The highest BCUT2D eigenvalue weighted by Gasteiger charge is 2.55. The fraction of sp³-hybridized carbons (Fsp3) is 0.714. The van der Waals surface area contributed by atoms with Gasteiger partial charge in [-0.1, -0.05) is 13.2 Å². The van der Waals surface area contributed by atoms with Gasteiger partial charge in [0.2, 0.25) is 0 Å². The Labute approximate surface area is 211 Å². The molecule has 8 bridgehead atoms. The zero-order valence-electron chi connectivity index (χ0n) is 21.2. The van der Waals surface area contributed by atoms with E-state index in [0.29, 0.717) is 35.8 Å². The summed E-state index contributed by atoms with van der Waals surface area (Å²) in [6.45, 7) is 10.5. The Hall–Kier alpha value is -2.64. The number of hydrogen-bond donors (Lipinski definition) is 0. The Morgan fingerprint density at radius 3 is 2.22 bits per heavy atom. The molecule has 8 rings (SSSR count). The minimum absolute atomic E-state index is 0.0206. The third-order valence-electron chi connectivity index (χ3n) is 8.80. The van der Waals surface area contributed by atoms with Crippen LogP contribution in [0, 0.1) is 29.6 Å². The van der Waals surface area contributed by atoms with E-state index < -0.39 is 5.60 Å². The number of hydrogen-bond acceptors (Lipinski definition) is 8. The molecule has 0 aromatic rings. The van der Waals surface area contributed by atoms with Crippen molar-refractivity contribution in [2.75, 3.05) is 0 Å². The molecule has 4 aliphatic heterocycles. The van der Waals surface area contributed by atoms with Crippen molar-refractivity contribution in [1.82, 2.24) is 0 Å². The average Bonchev–Trinajstić information content (AvgIpc) is 3.06. The number of ether oxygens (including phenoxy) is 4. The Balaban J connectivity index is 0.000000148. The van der Waals surface area contributed by atoms with Crippen LogP contribution in [0.4, 0.5) is 0 Å². The molecule has 0 radical (unpaired) electrons. The van der Waals surface area contributed by atoms with Gasteiger partial charge in [-0.3, -0.25) is 9.59 Å². The molecule has 8 aliphatic rings. The standard InChI is InChI=1S/2C14H18O4/c1-8(2)12(15)18-14-5-9-3-10(6-14)13(16)17-11(4-9)7-14;1-7(2)13(15)18-12-9-3-8-4-10(6-9)14(16)17-11(12)5-8/h9-11H,1,3-7H2,2H3;8-12H,1,3-6H2,2H3/t9?,10?,11?,14-;8?,9?,10?,11?,12-/m11/s1. The van der Waals surface area contributed by atoms with Gasteiger partial charge in [-0.2, -0.15) is 0 Å². The van der Waals surface area contributed by atoms with Crippen LogP contribution in [-0.2, 0) is 38.1 Å². The van der Waals surface area contributed by atoms with E-state index in [-0.39, 0.29) is 59.9 Å². The van der Waals surface area contributed by atoms with Gasteiger partial charge in [0, 0.05) is 29.9 Å². The fourth-order valence-electron chi connectivity index (χ4n) is 7.44. The highest BCUT2D eigenvalue weighted by atomic mass is 16.6. The number of fused-ring (bicyclic) bond motifs is 2. The van der Waals surface area contributed by atoms with Gasteiger partial charge in [0.05, 0.1) is 11.8 Å². The topological polar surface area (TPSA) is 105 Å². The van der Waals surface area contributed by atoms with Crippen molar-refractivity contribution in [3.63, 3.8) is 0 Å². The lowest BCUT2D eigenvalue weighted by atomic mass is 9.65. The Morgan fingerprint density at radius 1 is 0.806 bits per heavy atom. The molecule has 7 unspecified atom stereocenters. The molecule has 0 aromatic carbocycles. The number of esters is 4. The van der Waals surface area contributed by atoms with E-state index in [2.05, 4.69) is 13.2 Å². The number of carbonyl (C=O) groups excluding carboxylic acids is 4. The first-order valence-electron chi connectivity index (χ1n) is 13.2. The van der Waals surface area contributed by atoms with E-state index >= 15 is 0 Å². The van der Waals surface area contributed by atoms with Gasteiger partial charge >= 0.3 is 23.9 Å². The molecule has 0 amide bonds. The summed E-state index contributed by atoms with van der Waals surface area (Å²) >= 11 is 0. The Bertz CT molecular complexity index is 998. The van der Waals surface area contributed by atoms with Gasteiger partial charge in [0.25, 0.3) is 0 Å². The van der Waals surface area contributed by atoms with E-state index in [1.807, 2.05) is 0 Å². The molecule has 8 heteroatoms. The summed E-state index contributed by atoms with van der Waals surface area (Å²) in [5.41, 5.74) is 0.323.